The third kappa shape index (κ3) is 3.55. The van der Waals surface area contributed by atoms with E-state index in [4.69, 9.17) is 0 Å². The van der Waals surface area contributed by atoms with Crippen LogP contribution in [-0.4, -0.2) is 18.2 Å². The molecule has 0 aliphatic rings. The van der Waals surface area contributed by atoms with E-state index in [1.165, 1.54) is 0 Å². The number of rotatable bonds is 2. The fourth-order valence-corrected chi connectivity index (χ4v) is 0.484. The average Bonchev–Trinajstić information content (AvgIpc) is 1.80. The molecule has 0 aromatic heterocycles. The van der Waals surface area contributed by atoms with Crippen molar-refractivity contribution in [3.8, 4) is 0 Å². The molecule has 0 aliphatic heterocycles. The monoisotopic (exact) mass is 170 g/mol. The zero-order chi connectivity index (χ0) is 8.20. The van der Waals surface area contributed by atoms with E-state index in [2.05, 4.69) is 0 Å². The molecule has 0 N–H and O–H groups in total. The van der Waals surface area contributed by atoms with Gasteiger partial charge in [0.2, 0.25) is 0 Å². The first-order valence-electron chi connectivity index (χ1n) is 2.29. The van der Waals surface area contributed by atoms with Gasteiger partial charge in [-0.3, -0.25) is 4.79 Å². The molecule has 10 heavy (non-hydrogen) atoms. The van der Waals surface area contributed by atoms with E-state index >= 15 is 0 Å². The van der Waals surface area contributed by atoms with Gasteiger partial charge in [-0.1, -0.05) is 0 Å². The van der Waals surface area contributed by atoms with Crippen LogP contribution in [-0.2, 0) is 4.79 Å². The number of alkyl halides is 3. The van der Waals surface area contributed by atoms with Gasteiger partial charge in [0.15, 0.2) is 0 Å². The van der Waals surface area contributed by atoms with Crippen LogP contribution >= 0.6 is 11.8 Å². The highest BCUT2D eigenvalue weighted by atomic mass is 32.2. The quantitative estimate of drug-likeness (QED) is 0.589. The molecule has 0 aromatic carbocycles. The lowest BCUT2D eigenvalue weighted by Crippen LogP contribution is -2.19. The Balaban J connectivity index is 3.98. The van der Waals surface area contributed by atoms with Crippen molar-refractivity contribution in [2.45, 2.75) is 6.18 Å². The van der Waals surface area contributed by atoms with Crippen LogP contribution in [0.2, 0.25) is 0 Å². The largest absolute Gasteiger partial charge is 0.454 e. The lowest BCUT2D eigenvalue weighted by atomic mass is 10.4. The number of hydrogen-bond acceptors (Lipinski definition) is 2. The second-order valence-corrected chi connectivity index (χ2v) is 2.14. The Kier molecular flexibility index (Phi) is 3.49. The molecule has 0 aromatic rings. The van der Waals surface area contributed by atoms with Crippen molar-refractivity contribution in [3.63, 3.8) is 0 Å². The smallest absolute Gasteiger partial charge is 0.285 e. The zero-order valence-corrected chi connectivity index (χ0v) is 5.92. The van der Waals surface area contributed by atoms with E-state index in [1.54, 1.807) is 6.26 Å². The highest BCUT2D eigenvalue weighted by Crippen LogP contribution is 2.16. The highest BCUT2D eigenvalue weighted by Gasteiger charge is 2.35. The summed E-state index contributed by atoms with van der Waals surface area (Å²) in [7, 11) is 0. The molecule has 0 heterocycles. The van der Waals surface area contributed by atoms with Crippen LogP contribution in [0, 0.1) is 0 Å². The molecule has 0 spiro atoms. The Hall–Kier alpha value is -0.450. The normalized spacial score (nSPS) is 12.4. The summed E-state index contributed by atoms with van der Waals surface area (Å²) >= 11 is 1.04. The van der Waals surface area contributed by atoms with Crippen molar-refractivity contribution in [3.05, 3.63) is 11.5 Å². The number of thioether (sulfide) groups is 1. The van der Waals surface area contributed by atoms with Gasteiger partial charge in [-0.15, -0.1) is 11.8 Å². The maximum Gasteiger partial charge on any atom is 0.454 e. The Labute approximate surface area is 60.3 Å². The average molecular weight is 170 g/mol. The summed E-state index contributed by atoms with van der Waals surface area (Å²) in [5.41, 5.74) is 0. The minimum Gasteiger partial charge on any atom is -0.285 e. The number of carbonyl (C=O) groups is 1. The van der Waals surface area contributed by atoms with Gasteiger partial charge in [0.05, 0.1) is 0 Å². The van der Waals surface area contributed by atoms with E-state index < -0.39 is 12.0 Å². The summed E-state index contributed by atoms with van der Waals surface area (Å²) < 4.78 is 34.1. The number of hydrogen-bond donors (Lipinski definition) is 0. The van der Waals surface area contributed by atoms with Crippen LogP contribution in [0.4, 0.5) is 13.2 Å². The topological polar surface area (TPSA) is 17.1 Å². The molecule has 0 rings (SSSR count). The summed E-state index contributed by atoms with van der Waals surface area (Å²) in [6, 6.07) is 0. The molecule has 5 heteroatoms. The van der Waals surface area contributed by atoms with Crippen LogP contribution in [0.3, 0.4) is 0 Å². The summed E-state index contributed by atoms with van der Waals surface area (Å²) in [5, 5.41) is 1.09. The Bertz CT molecular complexity index is 149. The van der Waals surface area contributed by atoms with Crippen LogP contribution in [0.1, 0.15) is 0 Å². The summed E-state index contributed by atoms with van der Waals surface area (Å²) in [5.74, 6) is -1.82. The Morgan fingerprint density at radius 2 is 2.00 bits per heavy atom. The zero-order valence-electron chi connectivity index (χ0n) is 5.11. The molecule has 0 fully saturated rings. The molecule has 0 unspecified atom stereocenters. The van der Waals surface area contributed by atoms with Crippen LogP contribution in [0.5, 0.6) is 0 Å². The highest BCUT2D eigenvalue weighted by molar-refractivity contribution is 8.01. The molecule has 0 atom stereocenters. The molecule has 0 bridgehead atoms. The second-order valence-electron chi connectivity index (χ2n) is 1.40. The van der Waals surface area contributed by atoms with Crippen LogP contribution in [0.15, 0.2) is 11.5 Å². The molecule has 58 valence electrons. The van der Waals surface area contributed by atoms with Gasteiger partial charge in [-0.05, 0) is 17.7 Å². The SMILES string of the molecule is CS/C=C\C(=O)C(F)(F)F. The van der Waals surface area contributed by atoms with Gasteiger partial charge in [0.1, 0.15) is 0 Å². The Morgan fingerprint density at radius 3 is 2.30 bits per heavy atom. The van der Waals surface area contributed by atoms with Gasteiger partial charge >= 0.3 is 6.18 Å². The summed E-state index contributed by atoms with van der Waals surface area (Å²) in [4.78, 5) is 10.00. The fourth-order valence-electron chi connectivity index (χ4n) is 0.224. The van der Waals surface area contributed by atoms with Crippen LogP contribution in [0.25, 0.3) is 0 Å². The maximum atomic E-state index is 11.4. The lowest BCUT2D eigenvalue weighted by Gasteiger charge is -1.97. The predicted molar refractivity (Wildman–Crippen MR) is 33.7 cm³/mol. The van der Waals surface area contributed by atoms with E-state index in [1.807, 2.05) is 0 Å². The first-order chi connectivity index (χ1) is 4.48. The first-order valence-corrected chi connectivity index (χ1v) is 3.57. The van der Waals surface area contributed by atoms with Gasteiger partial charge in [0.25, 0.3) is 5.78 Å². The number of ketones is 1. The van der Waals surface area contributed by atoms with Gasteiger partial charge < -0.3 is 0 Å². The summed E-state index contributed by atoms with van der Waals surface area (Å²) in [6.07, 6.45) is -2.66. The van der Waals surface area contributed by atoms with Crippen molar-refractivity contribution < 1.29 is 18.0 Å². The molecule has 0 amide bonds. The van der Waals surface area contributed by atoms with E-state index in [-0.39, 0.29) is 0 Å². The Morgan fingerprint density at radius 1 is 1.50 bits per heavy atom. The number of carbonyl (C=O) groups excluding carboxylic acids is 1. The third-order valence-electron chi connectivity index (χ3n) is 0.635. The molecule has 0 saturated carbocycles. The van der Waals surface area contributed by atoms with Crippen molar-refractivity contribution in [2.75, 3.05) is 6.26 Å². The maximum absolute atomic E-state index is 11.4. The first kappa shape index (κ1) is 9.55. The van der Waals surface area contributed by atoms with E-state index in [0.29, 0.717) is 6.08 Å². The van der Waals surface area contributed by atoms with Crippen molar-refractivity contribution >= 4 is 17.5 Å². The van der Waals surface area contributed by atoms with Gasteiger partial charge in [-0.2, -0.15) is 13.2 Å². The molecular formula is C5H5F3OS. The van der Waals surface area contributed by atoms with Crippen molar-refractivity contribution in [1.29, 1.82) is 0 Å². The lowest BCUT2D eigenvalue weighted by molar-refractivity contribution is -0.165. The standard InChI is InChI=1S/C5H5F3OS/c1-10-3-2-4(9)5(6,7)8/h2-3H,1H3/b3-2-. The molecule has 0 aliphatic carbocycles. The van der Waals surface area contributed by atoms with Gasteiger partial charge in [-0.25, -0.2) is 0 Å². The predicted octanol–water partition coefficient (Wildman–Crippen LogP) is 1.99. The van der Waals surface area contributed by atoms with Crippen LogP contribution < -0.4 is 0 Å². The van der Waals surface area contributed by atoms with Crippen molar-refractivity contribution in [1.82, 2.24) is 0 Å². The van der Waals surface area contributed by atoms with Crippen molar-refractivity contribution in [2.24, 2.45) is 0 Å². The molecule has 1 nitrogen and oxygen atoms in total. The van der Waals surface area contributed by atoms with E-state index in [9.17, 15) is 18.0 Å². The molecular weight excluding hydrogens is 165 g/mol. The molecule has 0 radical (unpaired) electrons. The van der Waals surface area contributed by atoms with E-state index in [0.717, 1.165) is 17.2 Å². The molecule has 0 saturated heterocycles. The minimum absolute atomic E-state index is 0.505. The fraction of sp³-hybridized carbons (Fsp3) is 0.400. The second kappa shape index (κ2) is 3.65. The number of allylic oxidation sites excluding steroid dienone is 1. The third-order valence-corrected chi connectivity index (χ3v) is 1.04. The minimum atomic E-state index is -4.73. The summed E-state index contributed by atoms with van der Waals surface area (Å²) in [6.45, 7) is 0. The van der Waals surface area contributed by atoms with Gasteiger partial charge in [0, 0.05) is 0 Å². The number of halogens is 3.